The molecule has 2 N–H and O–H groups in total. The number of nitrogens with one attached hydrogen (secondary N) is 2. The number of para-hydroxylation sites is 1. The van der Waals surface area contributed by atoms with Crippen molar-refractivity contribution >= 4 is 22.7 Å². The Hall–Kier alpha value is -3.35. The SMILES string of the molecule is COc1ncccc1C(=O)N1CCC[C@@H](CNC(=O)c2cc3ccccc3[nH]2)C1. The van der Waals surface area contributed by atoms with Crippen molar-refractivity contribution in [3.8, 4) is 5.88 Å². The molecule has 1 aromatic carbocycles. The third kappa shape index (κ3) is 4.08. The molecule has 0 spiro atoms. The molecule has 2 aromatic heterocycles. The maximum absolute atomic E-state index is 12.9. The molecule has 1 saturated heterocycles. The number of H-pyrrole nitrogens is 1. The monoisotopic (exact) mass is 392 g/mol. The Morgan fingerprint density at radius 1 is 1.28 bits per heavy atom. The molecule has 4 rings (SSSR count). The molecular weight excluding hydrogens is 368 g/mol. The second-order valence-electron chi connectivity index (χ2n) is 7.30. The second kappa shape index (κ2) is 8.34. The summed E-state index contributed by atoms with van der Waals surface area (Å²) in [4.78, 5) is 34.5. The van der Waals surface area contributed by atoms with E-state index < -0.39 is 0 Å². The number of benzene rings is 1. The van der Waals surface area contributed by atoms with Gasteiger partial charge in [-0.1, -0.05) is 18.2 Å². The van der Waals surface area contributed by atoms with Gasteiger partial charge in [-0.05, 0) is 43.0 Å². The van der Waals surface area contributed by atoms with Crippen LogP contribution in [0.3, 0.4) is 0 Å². The number of rotatable bonds is 5. The van der Waals surface area contributed by atoms with Crippen molar-refractivity contribution < 1.29 is 14.3 Å². The number of ether oxygens (including phenoxy) is 1. The van der Waals surface area contributed by atoms with Gasteiger partial charge in [0, 0.05) is 36.7 Å². The van der Waals surface area contributed by atoms with Crippen LogP contribution in [0.4, 0.5) is 0 Å². The average Bonchev–Trinajstić information content (AvgIpc) is 3.21. The van der Waals surface area contributed by atoms with Gasteiger partial charge in [-0.15, -0.1) is 0 Å². The van der Waals surface area contributed by atoms with Gasteiger partial charge in [-0.25, -0.2) is 4.98 Å². The zero-order chi connectivity index (χ0) is 20.2. The Morgan fingerprint density at radius 3 is 2.97 bits per heavy atom. The highest BCUT2D eigenvalue weighted by Gasteiger charge is 2.27. The lowest BCUT2D eigenvalue weighted by molar-refractivity contribution is 0.0666. The molecule has 0 unspecified atom stereocenters. The quantitative estimate of drug-likeness (QED) is 0.699. The molecule has 1 atom stereocenters. The summed E-state index contributed by atoms with van der Waals surface area (Å²) >= 11 is 0. The largest absolute Gasteiger partial charge is 0.480 e. The van der Waals surface area contributed by atoms with Crippen LogP contribution in [0.1, 0.15) is 33.7 Å². The van der Waals surface area contributed by atoms with Gasteiger partial charge in [0.05, 0.1) is 7.11 Å². The molecule has 0 radical (unpaired) electrons. The number of piperidine rings is 1. The highest BCUT2D eigenvalue weighted by Crippen LogP contribution is 2.22. The summed E-state index contributed by atoms with van der Waals surface area (Å²) in [5.41, 5.74) is 1.96. The maximum atomic E-state index is 12.9. The van der Waals surface area contributed by atoms with Crippen molar-refractivity contribution in [2.75, 3.05) is 26.7 Å². The van der Waals surface area contributed by atoms with E-state index in [0.29, 0.717) is 36.8 Å². The van der Waals surface area contributed by atoms with Gasteiger partial charge in [-0.3, -0.25) is 9.59 Å². The molecular formula is C22H24N4O3. The fourth-order valence-corrected chi connectivity index (χ4v) is 3.83. The Labute approximate surface area is 169 Å². The van der Waals surface area contributed by atoms with E-state index in [0.717, 1.165) is 23.7 Å². The molecule has 29 heavy (non-hydrogen) atoms. The van der Waals surface area contributed by atoms with E-state index in [1.165, 1.54) is 7.11 Å². The predicted molar refractivity (Wildman–Crippen MR) is 110 cm³/mol. The van der Waals surface area contributed by atoms with Gasteiger partial charge >= 0.3 is 0 Å². The van der Waals surface area contributed by atoms with E-state index in [2.05, 4.69) is 15.3 Å². The summed E-state index contributed by atoms with van der Waals surface area (Å²) in [5, 5.41) is 4.02. The minimum atomic E-state index is -0.126. The van der Waals surface area contributed by atoms with Gasteiger partial charge in [0.15, 0.2) is 0 Å². The minimum absolute atomic E-state index is 0.0819. The summed E-state index contributed by atoms with van der Waals surface area (Å²) in [6.07, 6.45) is 3.48. The summed E-state index contributed by atoms with van der Waals surface area (Å²) in [5.74, 6) is 0.343. The number of aromatic nitrogens is 2. The zero-order valence-corrected chi connectivity index (χ0v) is 16.4. The lowest BCUT2D eigenvalue weighted by Gasteiger charge is -2.33. The average molecular weight is 392 g/mol. The molecule has 150 valence electrons. The molecule has 7 heteroatoms. The standard InChI is InChI=1S/C22H24N4O3/c1-29-21-17(8-4-10-23-21)22(28)26-11-5-6-15(14-26)13-24-20(27)19-12-16-7-2-3-9-18(16)25-19/h2-4,7-10,12,15,25H,5-6,11,13-14H2,1H3,(H,24,27)/t15-/m0/s1. The summed E-state index contributed by atoms with van der Waals surface area (Å²) in [6.45, 7) is 1.83. The predicted octanol–water partition coefficient (Wildman–Crippen LogP) is 2.85. The van der Waals surface area contributed by atoms with Gasteiger partial charge < -0.3 is 19.9 Å². The zero-order valence-electron chi connectivity index (χ0n) is 16.4. The summed E-state index contributed by atoms with van der Waals surface area (Å²) in [7, 11) is 1.51. The van der Waals surface area contributed by atoms with Crippen LogP contribution in [0.25, 0.3) is 10.9 Å². The highest BCUT2D eigenvalue weighted by molar-refractivity contribution is 5.98. The van der Waals surface area contributed by atoms with Gasteiger partial charge in [0.1, 0.15) is 11.3 Å². The number of fused-ring (bicyclic) bond motifs is 1. The third-order valence-electron chi connectivity index (χ3n) is 5.33. The molecule has 1 aliphatic rings. The van der Waals surface area contributed by atoms with Crippen LogP contribution in [0.5, 0.6) is 5.88 Å². The van der Waals surface area contributed by atoms with Crippen LogP contribution in [0.2, 0.25) is 0 Å². The van der Waals surface area contributed by atoms with E-state index in [9.17, 15) is 9.59 Å². The van der Waals surface area contributed by atoms with E-state index in [1.807, 2.05) is 35.2 Å². The summed E-state index contributed by atoms with van der Waals surface area (Å²) < 4.78 is 5.22. The van der Waals surface area contributed by atoms with Crippen LogP contribution in [0, 0.1) is 5.92 Å². The molecule has 2 amide bonds. The van der Waals surface area contributed by atoms with Crippen LogP contribution >= 0.6 is 0 Å². The molecule has 1 fully saturated rings. The number of aromatic amines is 1. The smallest absolute Gasteiger partial charge is 0.267 e. The minimum Gasteiger partial charge on any atom is -0.480 e. The second-order valence-corrected chi connectivity index (χ2v) is 7.30. The van der Waals surface area contributed by atoms with Gasteiger partial charge in [-0.2, -0.15) is 0 Å². The number of likely N-dealkylation sites (tertiary alicyclic amines) is 1. The first kappa shape index (κ1) is 19.0. The Morgan fingerprint density at radius 2 is 2.14 bits per heavy atom. The van der Waals surface area contributed by atoms with Crippen molar-refractivity contribution in [3.05, 3.63) is 59.9 Å². The molecule has 1 aliphatic heterocycles. The van der Waals surface area contributed by atoms with Crippen LogP contribution < -0.4 is 10.1 Å². The number of nitrogens with zero attached hydrogens (tertiary/aromatic N) is 2. The van der Waals surface area contributed by atoms with Crippen LogP contribution in [0.15, 0.2) is 48.7 Å². The van der Waals surface area contributed by atoms with E-state index in [1.54, 1.807) is 18.3 Å². The van der Waals surface area contributed by atoms with Crippen molar-refractivity contribution in [1.29, 1.82) is 0 Å². The first-order chi connectivity index (χ1) is 14.2. The molecule has 3 aromatic rings. The first-order valence-corrected chi connectivity index (χ1v) is 9.80. The first-order valence-electron chi connectivity index (χ1n) is 9.80. The number of amides is 2. The Bertz CT molecular complexity index is 997. The van der Waals surface area contributed by atoms with Crippen LogP contribution in [-0.4, -0.2) is 53.4 Å². The number of hydrogen-bond donors (Lipinski definition) is 2. The number of hydrogen-bond acceptors (Lipinski definition) is 4. The van der Waals surface area contributed by atoms with Crippen molar-refractivity contribution in [1.82, 2.24) is 20.2 Å². The Kier molecular flexibility index (Phi) is 5.46. The molecule has 3 heterocycles. The van der Waals surface area contributed by atoms with E-state index >= 15 is 0 Å². The van der Waals surface area contributed by atoms with Crippen molar-refractivity contribution in [2.45, 2.75) is 12.8 Å². The molecule has 0 aliphatic carbocycles. The van der Waals surface area contributed by atoms with Crippen molar-refractivity contribution in [2.24, 2.45) is 5.92 Å². The molecule has 7 nitrogen and oxygen atoms in total. The van der Waals surface area contributed by atoms with Gasteiger partial charge in [0.25, 0.3) is 11.8 Å². The number of carbonyl (C=O) groups excluding carboxylic acids is 2. The normalized spacial score (nSPS) is 16.6. The Balaban J connectivity index is 1.37. The van der Waals surface area contributed by atoms with Crippen LogP contribution in [-0.2, 0) is 0 Å². The number of methoxy groups -OCH3 is 1. The van der Waals surface area contributed by atoms with E-state index in [-0.39, 0.29) is 17.7 Å². The third-order valence-corrected chi connectivity index (χ3v) is 5.33. The lowest BCUT2D eigenvalue weighted by Crippen LogP contribution is -2.43. The van der Waals surface area contributed by atoms with E-state index in [4.69, 9.17) is 4.74 Å². The fourth-order valence-electron chi connectivity index (χ4n) is 3.83. The molecule has 0 saturated carbocycles. The number of pyridine rings is 1. The van der Waals surface area contributed by atoms with Crippen molar-refractivity contribution in [3.63, 3.8) is 0 Å². The fraction of sp³-hybridized carbons (Fsp3) is 0.318. The topological polar surface area (TPSA) is 87.3 Å². The molecule has 0 bridgehead atoms. The number of carbonyl (C=O) groups is 2. The highest BCUT2D eigenvalue weighted by atomic mass is 16.5. The maximum Gasteiger partial charge on any atom is 0.267 e. The lowest BCUT2D eigenvalue weighted by atomic mass is 9.97. The summed E-state index contributed by atoms with van der Waals surface area (Å²) in [6, 6.07) is 13.1. The van der Waals surface area contributed by atoms with Gasteiger partial charge in [0.2, 0.25) is 5.88 Å².